The molecule has 1 unspecified atom stereocenters. The lowest BCUT2D eigenvalue weighted by atomic mass is 9.94. The third kappa shape index (κ3) is 2.70. The van der Waals surface area contributed by atoms with Crippen LogP contribution in [0, 0.1) is 0 Å². The number of carbonyl (C=O) groups is 1. The van der Waals surface area contributed by atoms with Gasteiger partial charge < -0.3 is 15.0 Å². The second-order valence-electron chi connectivity index (χ2n) is 5.93. The summed E-state index contributed by atoms with van der Waals surface area (Å²) in [6.07, 6.45) is 2.39. The van der Waals surface area contributed by atoms with Gasteiger partial charge in [-0.3, -0.25) is 4.79 Å². The highest BCUT2D eigenvalue weighted by atomic mass is 35.5. The van der Waals surface area contributed by atoms with Crippen molar-refractivity contribution in [3.05, 3.63) is 23.0 Å². The van der Waals surface area contributed by atoms with Crippen LogP contribution in [0.3, 0.4) is 0 Å². The van der Waals surface area contributed by atoms with Crippen LogP contribution < -0.4 is 5.32 Å². The first-order valence-corrected chi connectivity index (χ1v) is 6.42. The Balaban J connectivity index is 2.08. The lowest BCUT2D eigenvalue weighted by molar-refractivity contribution is -0.0693. The minimum absolute atomic E-state index is 0.0120. The average Bonchev–Trinajstić information content (AvgIpc) is 2.68. The van der Waals surface area contributed by atoms with Crippen molar-refractivity contribution in [3.63, 3.8) is 0 Å². The number of nitrogens with one attached hydrogen (secondary N) is 2. The molecule has 1 amide bonds. The largest absolute Gasteiger partial charge is 0.367 e. The van der Waals surface area contributed by atoms with E-state index in [0.717, 1.165) is 6.42 Å². The maximum Gasteiger partial charge on any atom is 0.268 e. The van der Waals surface area contributed by atoms with Crippen molar-refractivity contribution in [2.45, 2.75) is 51.4 Å². The molecule has 0 bridgehead atoms. The highest BCUT2D eigenvalue weighted by molar-refractivity contribution is 6.30. The van der Waals surface area contributed by atoms with Gasteiger partial charge >= 0.3 is 0 Å². The number of halogens is 1. The fourth-order valence-electron chi connectivity index (χ4n) is 2.52. The highest BCUT2D eigenvalue weighted by Crippen LogP contribution is 2.37. The number of ether oxygens (including phenoxy) is 1. The zero-order valence-corrected chi connectivity index (χ0v) is 11.9. The molecule has 0 aromatic carbocycles. The number of H-pyrrole nitrogens is 1. The topological polar surface area (TPSA) is 54.1 Å². The van der Waals surface area contributed by atoms with E-state index in [1.165, 1.54) is 0 Å². The van der Waals surface area contributed by atoms with Crippen molar-refractivity contribution in [1.29, 1.82) is 0 Å². The van der Waals surface area contributed by atoms with Gasteiger partial charge in [0.2, 0.25) is 0 Å². The van der Waals surface area contributed by atoms with Crippen molar-refractivity contribution in [3.8, 4) is 0 Å². The maximum absolute atomic E-state index is 12.1. The van der Waals surface area contributed by atoms with Gasteiger partial charge in [0.1, 0.15) is 5.69 Å². The van der Waals surface area contributed by atoms with E-state index in [2.05, 4.69) is 10.3 Å². The maximum atomic E-state index is 12.1. The number of rotatable bonds is 2. The molecular formula is C13H19ClN2O2. The van der Waals surface area contributed by atoms with Crippen molar-refractivity contribution >= 4 is 17.5 Å². The SMILES string of the molecule is CC1(C)CC(NC(=O)c2cc(Cl)c[nH]2)C(C)(C)O1. The van der Waals surface area contributed by atoms with Gasteiger partial charge in [-0.1, -0.05) is 11.6 Å². The van der Waals surface area contributed by atoms with Crippen molar-refractivity contribution < 1.29 is 9.53 Å². The van der Waals surface area contributed by atoms with Crippen LogP contribution in [0.2, 0.25) is 5.02 Å². The summed E-state index contributed by atoms with van der Waals surface area (Å²) in [7, 11) is 0. The number of amides is 1. The Morgan fingerprint density at radius 2 is 2.17 bits per heavy atom. The summed E-state index contributed by atoms with van der Waals surface area (Å²) < 4.78 is 5.94. The first-order valence-electron chi connectivity index (χ1n) is 6.05. The van der Waals surface area contributed by atoms with Gasteiger partial charge in [-0.15, -0.1) is 0 Å². The molecule has 1 aromatic rings. The fraction of sp³-hybridized carbons (Fsp3) is 0.615. The molecule has 1 aromatic heterocycles. The third-order valence-electron chi connectivity index (χ3n) is 3.27. The molecule has 5 heteroatoms. The molecule has 0 saturated carbocycles. The van der Waals surface area contributed by atoms with E-state index < -0.39 is 0 Å². The monoisotopic (exact) mass is 270 g/mol. The van der Waals surface area contributed by atoms with Crippen LogP contribution in [0.4, 0.5) is 0 Å². The van der Waals surface area contributed by atoms with Crippen LogP contribution in [0.5, 0.6) is 0 Å². The van der Waals surface area contributed by atoms with Crippen LogP contribution in [-0.2, 0) is 4.74 Å². The fourth-order valence-corrected chi connectivity index (χ4v) is 2.69. The molecule has 2 heterocycles. The summed E-state index contributed by atoms with van der Waals surface area (Å²) in [5.41, 5.74) is -0.106. The van der Waals surface area contributed by atoms with E-state index in [0.29, 0.717) is 10.7 Å². The van der Waals surface area contributed by atoms with E-state index in [1.807, 2.05) is 27.7 Å². The molecule has 1 saturated heterocycles. The average molecular weight is 271 g/mol. The number of hydrogen-bond donors (Lipinski definition) is 2. The van der Waals surface area contributed by atoms with E-state index in [-0.39, 0.29) is 23.2 Å². The Hall–Kier alpha value is -1.00. The smallest absolute Gasteiger partial charge is 0.268 e. The van der Waals surface area contributed by atoms with E-state index in [9.17, 15) is 4.79 Å². The molecule has 2 N–H and O–H groups in total. The van der Waals surface area contributed by atoms with Crippen LogP contribution in [-0.4, -0.2) is 28.1 Å². The van der Waals surface area contributed by atoms with Crippen LogP contribution >= 0.6 is 11.6 Å². The van der Waals surface area contributed by atoms with Crippen molar-refractivity contribution in [2.24, 2.45) is 0 Å². The molecule has 0 aliphatic carbocycles. The molecule has 100 valence electrons. The summed E-state index contributed by atoms with van der Waals surface area (Å²) in [4.78, 5) is 14.9. The summed E-state index contributed by atoms with van der Waals surface area (Å²) in [6, 6.07) is 1.60. The molecule has 0 radical (unpaired) electrons. The highest BCUT2D eigenvalue weighted by Gasteiger charge is 2.46. The lowest BCUT2D eigenvalue weighted by Gasteiger charge is -2.27. The molecule has 1 atom stereocenters. The molecule has 18 heavy (non-hydrogen) atoms. The van der Waals surface area contributed by atoms with E-state index in [1.54, 1.807) is 12.3 Å². The van der Waals surface area contributed by atoms with Crippen LogP contribution in [0.15, 0.2) is 12.3 Å². The minimum Gasteiger partial charge on any atom is -0.367 e. The molecule has 4 nitrogen and oxygen atoms in total. The van der Waals surface area contributed by atoms with Gasteiger partial charge in [-0.25, -0.2) is 0 Å². The quantitative estimate of drug-likeness (QED) is 0.868. The minimum atomic E-state index is -0.366. The van der Waals surface area contributed by atoms with Gasteiger partial charge in [0, 0.05) is 6.20 Å². The van der Waals surface area contributed by atoms with Crippen molar-refractivity contribution in [2.75, 3.05) is 0 Å². The normalized spacial score (nSPS) is 25.1. The van der Waals surface area contributed by atoms with Crippen molar-refractivity contribution in [1.82, 2.24) is 10.3 Å². The summed E-state index contributed by atoms with van der Waals surface area (Å²) in [5.74, 6) is -0.152. The Labute approximate surface area is 112 Å². The Morgan fingerprint density at radius 1 is 1.50 bits per heavy atom. The van der Waals surface area contributed by atoms with Crippen LogP contribution in [0.1, 0.15) is 44.6 Å². The van der Waals surface area contributed by atoms with E-state index in [4.69, 9.17) is 16.3 Å². The lowest BCUT2D eigenvalue weighted by Crippen LogP contribution is -2.46. The van der Waals surface area contributed by atoms with E-state index >= 15 is 0 Å². The molecule has 1 aliphatic rings. The zero-order chi connectivity index (χ0) is 13.6. The molecule has 1 aliphatic heterocycles. The Bertz CT molecular complexity index is 465. The molecule has 1 fully saturated rings. The standard InChI is InChI=1S/C13H19ClN2O2/c1-12(2)6-10(13(3,4)18-12)16-11(17)9-5-8(14)7-15-9/h5,7,10,15H,6H2,1-4H3,(H,16,17). The predicted molar refractivity (Wildman–Crippen MR) is 70.9 cm³/mol. The molecule has 2 rings (SSSR count). The predicted octanol–water partition coefficient (Wildman–Crippen LogP) is 2.74. The van der Waals surface area contributed by atoms with Gasteiger partial charge in [-0.2, -0.15) is 0 Å². The number of carbonyl (C=O) groups excluding carboxylic acids is 1. The van der Waals surface area contributed by atoms with Gasteiger partial charge in [-0.05, 0) is 40.2 Å². The number of aromatic amines is 1. The Morgan fingerprint density at radius 3 is 2.61 bits per heavy atom. The second kappa shape index (κ2) is 4.28. The van der Waals surface area contributed by atoms with Gasteiger partial charge in [0.15, 0.2) is 0 Å². The van der Waals surface area contributed by atoms with Crippen LogP contribution in [0.25, 0.3) is 0 Å². The number of hydrogen-bond acceptors (Lipinski definition) is 2. The number of aromatic nitrogens is 1. The summed E-state index contributed by atoms with van der Waals surface area (Å²) in [5, 5.41) is 3.53. The van der Waals surface area contributed by atoms with Gasteiger partial charge in [0.05, 0.1) is 22.3 Å². The molecule has 0 spiro atoms. The van der Waals surface area contributed by atoms with Gasteiger partial charge in [0.25, 0.3) is 5.91 Å². The Kier molecular flexibility index (Phi) is 3.19. The second-order valence-corrected chi connectivity index (χ2v) is 6.36. The summed E-state index contributed by atoms with van der Waals surface area (Å²) >= 11 is 5.79. The summed E-state index contributed by atoms with van der Waals surface area (Å²) in [6.45, 7) is 8.06. The molecular weight excluding hydrogens is 252 g/mol. The first-order chi connectivity index (χ1) is 8.20. The zero-order valence-electron chi connectivity index (χ0n) is 11.1. The third-order valence-corrected chi connectivity index (χ3v) is 3.49. The first kappa shape index (κ1) is 13.4.